The minimum atomic E-state index is -1.74. The summed E-state index contributed by atoms with van der Waals surface area (Å²) in [4.78, 5) is 25.8. The zero-order valence-electron chi connectivity index (χ0n) is 58.8. The third kappa shape index (κ3) is 21.2. The van der Waals surface area contributed by atoms with E-state index in [-0.39, 0.29) is 21.0 Å². The van der Waals surface area contributed by atoms with Crippen LogP contribution in [-0.4, -0.2) is 54.8 Å². The van der Waals surface area contributed by atoms with Crippen molar-refractivity contribution in [3.63, 3.8) is 0 Å². The molecule has 10 nitrogen and oxygen atoms in total. The number of para-hydroxylation sites is 2. The van der Waals surface area contributed by atoms with Crippen LogP contribution < -0.4 is 41.3 Å². The van der Waals surface area contributed by atoms with Crippen molar-refractivity contribution in [1.29, 1.82) is 0 Å². The molecular weight excluding hydrogens is 1560 g/mol. The number of aryl methyl sites for hydroxylation is 1. The third-order valence-corrected chi connectivity index (χ3v) is 33.9. The zero-order valence-corrected chi connectivity index (χ0v) is 67.8. The van der Waals surface area contributed by atoms with Gasteiger partial charge in [-0.25, -0.2) is 29.9 Å². The fourth-order valence-corrected chi connectivity index (χ4v) is 19.4. The maximum atomic E-state index is 5.93. The van der Waals surface area contributed by atoms with E-state index < -0.39 is 32.3 Å². The van der Waals surface area contributed by atoms with Crippen LogP contribution in [0.15, 0.2) is 316 Å². The minimum absolute atomic E-state index is 0.106. The minimum Gasteiger partial charge on any atom is -0.0622 e. The quantitative estimate of drug-likeness (QED) is 0.0639. The molecule has 0 N–H and O–H groups in total. The molecular formula is C83H85Cl2IN8O2P2PdSi2. The number of rotatable bonds is 13. The molecule has 0 bridgehead atoms. The fourth-order valence-electron chi connectivity index (χ4n) is 10.5. The SMILES string of the molecule is CC(C)(C)[Si](C)(C)n1ccc2cc(-c3ccccc3Oc3ncccn3)cnc21.Cc1cnc2c(ccn2[Si](C)(C)C(C)(C)C)c1.Ic1ccccc1Oc1ncccn1.[Cl][Pd][Cl].c1ccc(P(c2ccccc2)c2ccccc2)cc1.c1ccc(P(c2ccccc2)c2ccccc2)cc1. The number of nitrogens with zero attached hydrogens (tertiary/aromatic N) is 8. The standard InChI is InChI=1S/C23H26N4OSi.2C18H15P.C14H22N2Si.C10H7IN2O.2ClH.Pd/c1-23(2,3)29(4,5)27-14-11-17-15-18(16-26-21(17)27)19-9-6-7-10-20(19)28-22-24-12-8-13-25-22;2*1-4-10-16(11-5-1)19(17-12-6-2-7-13-17)18-14-8-3-9-15-18;1-11-9-12-7-8-16(13(12)15-10-11)17(5,6)14(2,3)4;11-8-4-1-2-5-9(8)14-10-12-6-3-7-13-10;;;/h6-16H,1-5H3;2*1-15H;7-10H,1-6H3;1-7H;2*1H;/q;;;;;;;+2/p-2. The number of hydrogen-bond acceptors (Lipinski definition) is 8. The summed E-state index contributed by atoms with van der Waals surface area (Å²) in [5.74, 6) is 1.49. The smallest absolute Gasteiger partial charge is 0.0134 e. The van der Waals surface area contributed by atoms with E-state index in [2.05, 4.69) is 349 Å². The van der Waals surface area contributed by atoms with Crippen molar-refractivity contribution >= 4 is 128 Å². The van der Waals surface area contributed by atoms with Crippen LogP contribution in [0.1, 0.15) is 47.1 Å². The summed E-state index contributed by atoms with van der Waals surface area (Å²) in [6.07, 6.45) is 14.9. The number of ether oxygens (including phenoxy) is 2. The van der Waals surface area contributed by atoms with E-state index >= 15 is 0 Å². The molecule has 6 heterocycles. The Morgan fingerprint density at radius 3 is 1.05 bits per heavy atom. The Hall–Kier alpha value is -7.83. The molecule has 18 heteroatoms. The second-order valence-corrected chi connectivity index (χ2v) is 44.6. The summed E-state index contributed by atoms with van der Waals surface area (Å²) >= 11 is 2.10. The van der Waals surface area contributed by atoms with Gasteiger partial charge in [0.25, 0.3) is 0 Å². The van der Waals surface area contributed by atoms with Gasteiger partial charge in [-0.15, -0.1) is 0 Å². The molecule has 0 aliphatic rings. The topological polar surface area (TPSA) is 106 Å². The number of pyridine rings is 2. The summed E-state index contributed by atoms with van der Waals surface area (Å²) in [5.41, 5.74) is 5.39. The maximum Gasteiger partial charge on any atom is -0.0134 e. The first-order valence-corrected chi connectivity index (χ1v) is 46.7. The van der Waals surface area contributed by atoms with E-state index in [4.69, 9.17) is 33.5 Å². The van der Waals surface area contributed by atoms with Crippen molar-refractivity contribution in [3.05, 3.63) is 326 Å². The van der Waals surface area contributed by atoms with Crippen molar-refractivity contribution in [2.45, 2.75) is 84.7 Å². The fraction of sp³-hybridized carbons (Fsp3) is 0.157. The number of hydrogen-bond donors (Lipinski definition) is 0. The molecule has 8 aromatic carbocycles. The molecule has 0 saturated heterocycles. The van der Waals surface area contributed by atoms with Crippen molar-refractivity contribution in [2.75, 3.05) is 0 Å². The Labute approximate surface area is 631 Å². The van der Waals surface area contributed by atoms with Crippen molar-refractivity contribution < 1.29 is 25.4 Å². The van der Waals surface area contributed by atoms with E-state index in [9.17, 15) is 0 Å². The number of benzene rings is 8. The normalized spacial score (nSPS) is 11.3. The molecule has 0 saturated carbocycles. The van der Waals surface area contributed by atoms with Gasteiger partial charge in [0, 0.05) is 59.1 Å². The van der Waals surface area contributed by atoms with Crippen LogP contribution in [0.25, 0.3) is 33.2 Å². The number of aromatic nitrogens is 8. The number of fused-ring (bicyclic) bond motifs is 2. The first kappa shape index (κ1) is 77.3. The monoisotopic (exact) mass is 1650 g/mol. The van der Waals surface area contributed by atoms with Crippen LogP contribution in [0.4, 0.5) is 0 Å². The summed E-state index contributed by atoms with van der Waals surface area (Å²) < 4.78 is 17.3. The Balaban J connectivity index is 0.000000149. The summed E-state index contributed by atoms with van der Waals surface area (Å²) in [5, 5.41) is 11.3. The second kappa shape index (κ2) is 37.4. The molecule has 6 aromatic heterocycles. The Bertz CT molecular complexity index is 4480. The van der Waals surface area contributed by atoms with Gasteiger partial charge in [0.05, 0.1) is 3.57 Å². The number of halogens is 3. The summed E-state index contributed by atoms with van der Waals surface area (Å²) in [6, 6.07) is 93.3. The molecule has 14 rings (SSSR count). The van der Waals surface area contributed by atoms with Crippen molar-refractivity contribution in [1.82, 2.24) is 38.4 Å². The van der Waals surface area contributed by atoms with Gasteiger partial charge in [0.15, 0.2) is 16.5 Å². The molecule has 0 atom stereocenters. The molecule has 0 aliphatic carbocycles. The molecule has 0 radical (unpaired) electrons. The van der Waals surface area contributed by atoms with Gasteiger partial charge >= 0.3 is 47.0 Å². The third-order valence-electron chi connectivity index (χ3n) is 17.7. The molecule has 0 aliphatic heterocycles. The van der Waals surface area contributed by atoms with Crippen molar-refractivity contribution in [2.24, 2.45) is 0 Å². The molecule has 14 aromatic rings. The van der Waals surface area contributed by atoms with E-state index in [1.54, 1.807) is 36.9 Å². The molecule has 0 spiro atoms. The largest absolute Gasteiger partial charge is 0.0622 e. The maximum absolute atomic E-state index is 5.93. The van der Waals surface area contributed by atoms with E-state index in [1.165, 1.54) is 42.8 Å². The Morgan fingerprint density at radius 2 is 0.693 bits per heavy atom. The van der Waals surface area contributed by atoms with Crippen molar-refractivity contribution in [3.8, 4) is 34.6 Å². The summed E-state index contributed by atoms with van der Waals surface area (Å²) in [6.45, 7) is 25.7. The van der Waals surface area contributed by atoms with E-state index in [1.807, 2.05) is 60.9 Å². The first-order valence-electron chi connectivity index (χ1n) is 33.1. The van der Waals surface area contributed by atoms with Crippen LogP contribution in [0.2, 0.25) is 36.3 Å². The van der Waals surface area contributed by atoms with Crippen LogP contribution in [-0.2, 0) is 15.9 Å². The van der Waals surface area contributed by atoms with Crippen LogP contribution >= 0.6 is 57.5 Å². The second-order valence-electron chi connectivity index (χ2n) is 26.5. The molecule has 0 unspecified atom stereocenters. The van der Waals surface area contributed by atoms with Gasteiger partial charge in [-0.3, -0.25) is 0 Å². The Morgan fingerprint density at radius 1 is 0.386 bits per heavy atom. The van der Waals surface area contributed by atoms with E-state index in [0.29, 0.717) is 22.8 Å². The van der Waals surface area contributed by atoms with Gasteiger partial charge in [-0.1, -0.05) is 280 Å². The average molecular weight is 1650 g/mol. The van der Waals surface area contributed by atoms with Gasteiger partial charge < -0.3 is 17.9 Å². The predicted octanol–water partition coefficient (Wildman–Crippen LogP) is 21.5. The predicted molar refractivity (Wildman–Crippen MR) is 440 cm³/mol. The van der Waals surface area contributed by atoms with Gasteiger partial charge in [-0.05, 0) is 160 Å². The molecule has 0 fully saturated rings. The zero-order chi connectivity index (χ0) is 71.8. The van der Waals surface area contributed by atoms with Crippen LogP contribution in [0.3, 0.4) is 0 Å². The average Bonchev–Trinajstić information content (AvgIpc) is 1.62. The van der Waals surface area contributed by atoms with Gasteiger partial charge in [-0.2, -0.15) is 0 Å². The van der Waals surface area contributed by atoms with Crippen LogP contribution in [0, 0.1) is 10.5 Å². The van der Waals surface area contributed by atoms with E-state index in [0.717, 1.165) is 37.1 Å². The molecule has 518 valence electrons. The molecule has 0 amide bonds. The molecule has 101 heavy (non-hydrogen) atoms. The van der Waals surface area contributed by atoms with Gasteiger partial charge in [0.1, 0.15) is 22.8 Å². The first-order chi connectivity index (χ1) is 48.7. The summed E-state index contributed by atoms with van der Waals surface area (Å²) in [7, 11) is 5.44. The Kier molecular flexibility index (Phi) is 28.6. The van der Waals surface area contributed by atoms with Crippen LogP contribution in [0.5, 0.6) is 23.5 Å². The van der Waals surface area contributed by atoms with Gasteiger partial charge in [0.2, 0.25) is 0 Å².